The second-order valence-corrected chi connectivity index (χ2v) is 6.64. The molecule has 1 rings (SSSR count). The second kappa shape index (κ2) is 5.90. The van der Waals surface area contributed by atoms with Crippen molar-refractivity contribution in [2.45, 2.75) is 43.7 Å². The highest BCUT2D eigenvalue weighted by atomic mass is 32.2. The van der Waals surface area contributed by atoms with E-state index in [-0.39, 0.29) is 16.8 Å². The lowest BCUT2D eigenvalue weighted by Crippen LogP contribution is -2.51. The van der Waals surface area contributed by atoms with Gasteiger partial charge < -0.3 is 11.1 Å². The molecule has 0 bridgehead atoms. The van der Waals surface area contributed by atoms with Gasteiger partial charge in [-0.3, -0.25) is 4.79 Å². The first-order valence-corrected chi connectivity index (χ1v) is 7.85. The monoisotopic (exact) mass is 299 g/mol. The number of carbonyl (C=O) groups excluding carboxylic acids is 1. The van der Waals surface area contributed by atoms with Gasteiger partial charge in [0.25, 0.3) is 0 Å². The number of nitrogens with two attached hydrogens (primary N) is 2. The Morgan fingerprint density at radius 2 is 1.85 bits per heavy atom. The minimum Gasteiger partial charge on any atom is -0.348 e. The van der Waals surface area contributed by atoms with Crippen LogP contribution in [0.5, 0.6) is 0 Å². The lowest BCUT2D eigenvalue weighted by atomic mass is 9.98. The summed E-state index contributed by atoms with van der Waals surface area (Å²) in [6.07, 6.45) is 0.524. The molecule has 0 radical (unpaired) electrons. The fourth-order valence-corrected chi connectivity index (χ4v) is 2.07. The Morgan fingerprint density at radius 3 is 2.25 bits per heavy atom. The van der Waals surface area contributed by atoms with Crippen LogP contribution in [0.4, 0.5) is 0 Å². The van der Waals surface area contributed by atoms with Gasteiger partial charge in [-0.15, -0.1) is 0 Å². The molecule has 0 saturated carbocycles. The number of amides is 1. The molecule has 2 atom stereocenters. The van der Waals surface area contributed by atoms with E-state index >= 15 is 0 Å². The van der Waals surface area contributed by atoms with E-state index in [0.717, 1.165) is 5.56 Å². The molecule has 2 unspecified atom stereocenters. The fourth-order valence-electron chi connectivity index (χ4n) is 1.55. The topological polar surface area (TPSA) is 115 Å². The summed E-state index contributed by atoms with van der Waals surface area (Å²) in [5.41, 5.74) is 5.71. The zero-order valence-electron chi connectivity index (χ0n) is 11.9. The van der Waals surface area contributed by atoms with Crippen molar-refractivity contribution >= 4 is 15.9 Å². The Morgan fingerprint density at radius 1 is 1.35 bits per heavy atom. The van der Waals surface area contributed by atoms with E-state index in [1.54, 1.807) is 26.0 Å². The molecule has 0 aliphatic heterocycles. The molecule has 0 saturated heterocycles. The summed E-state index contributed by atoms with van der Waals surface area (Å²) in [4.78, 5) is 12.0. The molecule has 1 aromatic rings. The van der Waals surface area contributed by atoms with Crippen molar-refractivity contribution in [3.05, 3.63) is 29.8 Å². The molecule has 0 fully saturated rings. The maximum atomic E-state index is 12.0. The second-order valence-electron chi connectivity index (χ2n) is 5.08. The predicted octanol–water partition coefficient (Wildman–Crippen LogP) is 0.639. The minimum atomic E-state index is -3.70. The van der Waals surface area contributed by atoms with E-state index in [0.29, 0.717) is 6.42 Å². The van der Waals surface area contributed by atoms with Crippen LogP contribution in [0.2, 0.25) is 0 Å². The van der Waals surface area contributed by atoms with Gasteiger partial charge in [0.05, 0.1) is 16.5 Å². The third-order valence-electron chi connectivity index (χ3n) is 3.31. The Balaban J connectivity index is 2.84. The molecule has 0 aliphatic carbocycles. The van der Waals surface area contributed by atoms with Crippen molar-refractivity contribution < 1.29 is 13.2 Å². The van der Waals surface area contributed by atoms with E-state index in [1.807, 2.05) is 6.92 Å². The third-order valence-corrected chi connectivity index (χ3v) is 4.24. The summed E-state index contributed by atoms with van der Waals surface area (Å²) in [6, 6.07) is 5.78. The van der Waals surface area contributed by atoms with Crippen molar-refractivity contribution in [1.29, 1.82) is 0 Å². The molecular weight excluding hydrogens is 278 g/mol. The zero-order valence-corrected chi connectivity index (χ0v) is 12.7. The van der Waals surface area contributed by atoms with Crippen LogP contribution in [0, 0.1) is 0 Å². The summed E-state index contributed by atoms with van der Waals surface area (Å²) < 4.78 is 22.3. The Kier molecular flexibility index (Phi) is 4.90. The van der Waals surface area contributed by atoms with E-state index in [1.165, 1.54) is 12.1 Å². The maximum Gasteiger partial charge on any atom is 0.240 e. The van der Waals surface area contributed by atoms with Crippen LogP contribution < -0.4 is 16.2 Å². The van der Waals surface area contributed by atoms with Crippen LogP contribution in [0.1, 0.15) is 38.8 Å². The standard InChI is InChI=1S/C13H21N3O3S/c1-4-13(3,14)12(17)16-9(2)10-5-7-11(8-6-10)20(15,18)19/h5-9H,4,14H2,1-3H3,(H,16,17)(H2,15,18,19). The van der Waals surface area contributed by atoms with Gasteiger partial charge in [-0.2, -0.15) is 0 Å². The van der Waals surface area contributed by atoms with Gasteiger partial charge in [0, 0.05) is 0 Å². The van der Waals surface area contributed by atoms with Crippen molar-refractivity contribution in [3.63, 3.8) is 0 Å². The first-order valence-electron chi connectivity index (χ1n) is 6.30. The molecule has 1 aromatic carbocycles. The maximum absolute atomic E-state index is 12.0. The molecule has 20 heavy (non-hydrogen) atoms. The van der Waals surface area contributed by atoms with E-state index in [9.17, 15) is 13.2 Å². The molecule has 0 spiro atoms. The zero-order chi connectivity index (χ0) is 15.6. The third kappa shape index (κ3) is 4.03. The summed E-state index contributed by atoms with van der Waals surface area (Å²) in [5, 5.41) is 7.83. The van der Waals surface area contributed by atoms with Crippen LogP contribution in [-0.2, 0) is 14.8 Å². The lowest BCUT2D eigenvalue weighted by Gasteiger charge is -2.24. The number of carbonyl (C=O) groups is 1. The smallest absolute Gasteiger partial charge is 0.240 e. The van der Waals surface area contributed by atoms with Gasteiger partial charge in [-0.25, -0.2) is 13.6 Å². The van der Waals surface area contributed by atoms with Gasteiger partial charge in [0.1, 0.15) is 0 Å². The van der Waals surface area contributed by atoms with Crippen LogP contribution in [-0.4, -0.2) is 19.9 Å². The summed E-state index contributed by atoms with van der Waals surface area (Å²) >= 11 is 0. The summed E-state index contributed by atoms with van der Waals surface area (Å²) in [5.74, 6) is -0.247. The average molecular weight is 299 g/mol. The van der Waals surface area contributed by atoms with Gasteiger partial charge in [0.2, 0.25) is 15.9 Å². The van der Waals surface area contributed by atoms with E-state index in [2.05, 4.69) is 5.32 Å². The Labute approximate surface area is 119 Å². The van der Waals surface area contributed by atoms with Gasteiger partial charge >= 0.3 is 0 Å². The molecule has 0 aliphatic rings. The quantitative estimate of drug-likeness (QED) is 0.739. The first-order chi connectivity index (χ1) is 9.08. The molecule has 0 heterocycles. The largest absolute Gasteiger partial charge is 0.348 e. The highest BCUT2D eigenvalue weighted by Crippen LogP contribution is 2.16. The Hall–Kier alpha value is -1.44. The first kappa shape index (κ1) is 16.6. The molecule has 1 amide bonds. The van der Waals surface area contributed by atoms with E-state index in [4.69, 9.17) is 10.9 Å². The van der Waals surface area contributed by atoms with Gasteiger partial charge in [0.15, 0.2) is 0 Å². The minimum absolute atomic E-state index is 0.0389. The number of nitrogens with one attached hydrogen (secondary N) is 1. The average Bonchev–Trinajstić information content (AvgIpc) is 2.37. The number of rotatable bonds is 5. The molecule has 112 valence electrons. The molecule has 6 nitrogen and oxygen atoms in total. The van der Waals surface area contributed by atoms with Crippen molar-refractivity contribution in [2.24, 2.45) is 10.9 Å². The van der Waals surface area contributed by atoms with Gasteiger partial charge in [-0.1, -0.05) is 19.1 Å². The number of hydrogen-bond donors (Lipinski definition) is 3. The number of benzene rings is 1. The summed E-state index contributed by atoms with van der Waals surface area (Å²) in [6.45, 7) is 5.31. The summed E-state index contributed by atoms with van der Waals surface area (Å²) in [7, 11) is -3.70. The van der Waals surface area contributed by atoms with Crippen molar-refractivity contribution in [3.8, 4) is 0 Å². The van der Waals surface area contributed by atoms with Crippen LogP contribution in [0.25, 0.3) is 0 Å². The Bertz CT molecular complexity index is 579. The predicted molar refractivity (Wildman–Crippen MR) is 77.3 cm³/mol. The lowest BCUT2D eigenvalue weighted by molar-refractivity contribution is -0.126. The van der Waals surface area contributed by atoms with Crippen LogP contribution in [0.3, 0.4) is 0 Å². The molecule has 5 N–H and O–H groups in total. The molecular formula is C13H21N3O3S. The number of sulfonamides is 1. The number of primary sulfonamides is 1. The number of hydrogen-bond acceptors (Lipinski definition) is 4. The fraction of sp³-hybridized carbons (Fsp3) is 0.462. The van der Waals surface area contributed by atoms with Crippen molar-refractivity contribution in [2.75, 3.05) is 0 Å². The molecule has 0 aromatic heterocycles. The van der Waals surface area contributed by atoms with Crippen LogP contribution >= 0.6 is 0 Å². The van der Waals surface area contributed by atoms with E-state index < -0.39 is 15.6 Å². The normalized spacial score (nSPS) is 16.2. The SMILES string of the molecule is CCC(C)(N)C(=O)NC(C)c1ccc(S(N)(=O)=O)cc1. The van der Waals surface area contributed by atoms with Crippen molar-refractivity contribution in [1.82, 2.24) is 5.32 Å². The highest BCUT2D eigenvalue weighted by molar-refractivity contribution is 7.89. The highest BCUT2D eigenvalue weighted by Gasteiger charge is 2.27. The molecule has 7 heteroatoms. The van der Waals surface area contributed by atoms with Crippen LogP contribution in [0.15, 0.2) is 29.2 Å². The van der Waals surface area contributed by atoms with Gasteiger partial charge in [-0.05, 0) is 38.0 Å².